The first kappa shape index (κ1) is 13.5. The lowest BCUT2D eigenvalue weighted by atomic mass is 10.2. The van der Waals surface area contributed by atoms with Gasteiger partial charge in [-0.15, -0.1) is 0 Å². The lowest BCUT2D eigenvalue weighted by Gasteiger charge is -2.07. The van der Waals surface area contributed by atoms with Gasteiger partial charge in [-0.25, -0.2) is 4.39 Å². The van der Waals surface area contributed by atoms with E-state index in [1.807, 2.05) is 0 Å². The van der Waals surface area contributed by atoms with Crippen LogP contribution in [0.4, 0.5) is 10.1 Å². The molecule has 0 atom stereocenters. The molecule has 1 N–H and O–H groups in total. The highest BCUT2D eigenvalue weighted by Gasteiger charge is 2.09. The van der Waals surface area contributed by atoms with Crippen LogP contribution < -0.4 is 10.1 Å². The molecule has 6 heteroatoms. The summed E-state index contributed by atoms with van der Waals surface area (Å²) < 4.78 is 18.9. The highest BCUT2D eigenvalue weighted by atomic mass is 79.9. The highest BCUT2D eigenvalue weighted by molar-refractivity contribution is 9.10. The summed E-state index contributed by atoms with van der Waals surface area (Å²) in [6.07, 6.45) is 3.00. The molecule has 98 valence electrons. The lowest BCUT2D eigenvalue weighted by Crippen LogP contribution is -2.12. The average Bonchev–Trinajstić information content (AvgIpc) is 2.38. The number of carbonyl (C=O) groups excluding carboxylic acids is 1. The summed E-state index contributed by atoms with van der Waals surface area (Å²) in [6, 6.07) is 5.60. The van der Waals surface area contributed by atoms with Gasteiger partial charge in [0, 0.05) is 34.7 Å². The number of anilines is 1. The number of rotatable bonds is 3. The number of ether oxygens (including phenoxy) is 1. The van der Waals surface area contributed by atoms with Crippen molar-refractivity contribution in [1.82, 2.24) is 4.98 Å². The van der Waals surface area contributed by atoms with Gasteiger partial charge in [0.05, 0.1) is 12.7 Å². The SMILES string of the molecule is COc1cc(F)cc(NC(=O)c2cncc(Br)c2)c1. The second-order valence-corrected chi connectivity index (χ2v) is 4.64. The van der Waals surface area contributed by atoms with Crippen LogP contribution >= 0.6 is 15.9 Å². The number of pyridine rings is 1. The fourth-order valence-corrected chi connectivity index (χ4v) is 1.86. The average molecular weight is 325 g/mol. The zero-order valence-corrected chi connectivity index (χ0v) is 11.6. The quantitative estimate of drug-likeness (QED) is 0.942. The Hall–Kier alpha value is -1.95. The number of amides is 1. The molecule has 0 radical (unpaired) electrons. The van der Waals surface area contributed by atoms with Crippen LogP contribution in [0.15, 0.2) is 41.1 Å². The summed E-state index contributed by atoms with van der Waals surface area (Å²) in [5.41, 5.74) is 0.694. The van der Waals surface area contributed by atoms with Gasteiger partial charge in [0.2, 0.25) is 0 Å². The molecule has 0 fully saturated rings. The van der Waals surface area contributed by atoms with Crippen molar-refractivity contribution in [2.75, 3.05) is 12.4 Å². The van der Waals surface area contributed by atoms with Gasteiger partial charge in [-0.3, -0.25) is 9.78 Å². The van der Waals surface area contributed by atoms with Gasteiger partial charge in [-0.1, -0.05) is 0 Å². The first-order chi connectivity index (χ1) is 9.08. The molecule has 0 aliphatic carbocycles. The maximum Gasteiger partial charge on any atom is 0.257 e. The number of aromatic nitrogens is 1. The first-order valence-electron chi connectivity index (χ1n) is 5.35. The molecule has 19 heavy (non-hydrogen) atoms. The van der Waals surface area contributed by atoms with E-state index in [2.05, 4.69) is 26.2 Å². The number of hydrogen-bond donors (Lipinski definition) is 1. The second-order valence-electron chi connectivity index (χ2n) is 3.73. The molecule has 2 rings (SSSR count). The molecule has 0 saturated heterocycles. The van der Waals surface area contributed by atoms with E-state index in [-0.39, 0.29) is 5.91 Å². The van der Waals surface area contributed by atoms with E-state index in [4.69, 9.17) is 4.74 Å². The summed E-state index contributed by atoms with van der Waals surface area (Å²) in [4.78, 5) is 15.8. The first-order valence-corrected chi connectivity index (χ1v) is 6.14. The van der Waals surface area contributed by atoms with Crippen molar-refractivity contribution < 1.29 is 13.9 Å². The Morgan fingerprint density at radius 2 is 2.11 bits per heavy atom. The Balaban J connectivity index is 2.21. The molecule has 1 amide bonds. The molecule has 0 unspecified atom stereocenters. The van der Waals surface area contributed by atoms with Crippen molar-refractivity contribution in [1.29, 1.82) is 0 Å². The molecular weight excluding hydrogens is 315 g/mol. The standard InChI is InChI=1S/C13H10BrFN2O2/c1-19-12-4-10(15)3-11(5-12)17-13(18)8-2-9(14)7-16-6-8/h2-7H,1H3,(H,17,18). The van der Waals surface area contributed by atoms with E-state index in [1.54, 1.807) is 12.3 Å². The van der Waals surface area contributed by atoms with Crippen LogP contribution in [0.2, 0.25) is 0 Å². The van der Waals surface area contributed by atoms with E-state index >= 15 is 0 Å². The molecular formula is C13H10BrFN2O2. The second kappa shape index (κ2) is 5.79. The fraction of sp³-hybridized carbons (Fsp3) is 0.0769. The number of nitrogens with zero attached hydrogens (tertiary/aromatic N) is 1. The minimum Gasteiger partial charge on any atom is -0.497 e. The summed E-state index contributed by atoms with van der Waals surface area (Å²) >= 11 is 3.23. The van der Waals surface area contributed by atoms with Crippen LogP contribution in [-0.4, -0.2) is 18.0 Å². The van der Waals surface area contributed by atoms with E-state index in [0.29, 0.717) is 21.5 Å². The molecule has 0 aliphatic heterocycles. The van der Waals surface area contributed by atoms with Crippen LogP contribution in [0.1, 0.15) is 10.4 Å². The third-order valence-electron chi connectivity index (χ3n) is 2.33. The monoisotopic (exact) mass is 324 g/mol. The normalized spacial score (nSPS) is 10.1. The van der Waals surface area contributed by atoms with Crippen LogP contribution in [0, 0.1) is 5.82 Å². The van der Waals surface area contributed by atoms with Gasteiger partial charge in [0.25, 0.3) is 5.91 Å². The van der Waals surface area contributed by atoms with Gasteiger partial charge in [-0.2, -0.15) is 0 Å². The third-order valence-corrected chi connectivity index (χ3v) is 2.77. The predicted molar refractivity (Wildman–Crippen MR) is 72.8 cm³/mol. The van der Waals surface area contributed by atoms with Gasteiger partial charge in [0.15, 0.2) is 0 Å². The smallest absolute Gasteiger partial charge is 0.257 e. The van der Waals surface area contributed by atoms with Crippen molar-refractivity contribution >= 4 is 27.5 Å². The van der Waals surface area contributed by atoms with Gasteiger partial charge in [0.1, 0.15) is 11.6 Å². The number of benzene rings is 1. The number of carbonyl (C=O) groups is 1. The molecule has 1 heterocycles. The van der Waals surface area contributed by atoms with Crippen molar-refractivity contribution in [3.8, 4) is 5.75 Å². The molecule has 0 spiro atoms. The number of nitrogens with one attached hydrogen (secondary N) is 1. The van der Waals surface area contributed by atoms with E-state index < -0.39 is 5.82 Å². The molecule has 0 bridgehead atoms. The summed E-state index contributed by atoms with van der Waals surface area (Å²) in [6.45, 7) is 0. The molecule has 4 nitrogen and oxygen atoms in total. The maximum atomic E-state index is 13.3. The predicted octanol–water partition coefficient (Wildman–Crippen LogP) is 3.24. The van der Waals surface area contributed by atoms with Crippen molar-refractivity contribution in [3.63, 3.8) is 0 Å². The minimum absolute atomic E-state index is 0.321. The summed E-state index contributed by atoms with van der Waals surface area (Å²) in [7, 11) is 1.43. The Morgan fingerprint density at radius 1 is 1.32 bits per heavy atom. The van der Waals surface area contributed by atoms with Crippen LogP contribution in [0.25, 0.3) is 0 Å². The van der Waals surface area contributed by atoms with Crippen LogP contribution in [-0.2, 0) is 0 Å². The minimum atomic E-state index is -0.484. The molecule has 1 aromatic heterocycles. The van der Waals surface area contributed by atoms with E-state index in [1.165, 1.54) is 31.5 Å². The molecule has 2 aromatic rings. The molecule has 0 aliphatic rings. The highest BCUT2D eigenvalue weighted by Crippen LogP contribution is 2.20. The topological polar surface area (TPSA) is 51.2 Å². The zero-order valence-electron chi connectivity index (χ0n) is 9.98. The Morgan fingerprint density at radius 3 is 2.79 bits per heavy atom. The molecule has 1 aromatic carbocycles. The van der Waals surface area contributed by atoms with Crippen molar-refractivity contribution in [3.05, 3.63) is 52.5 Å². The Labute approximate surface area is 117 Å². The summed E-state index contributed by atoms with van der Waals surface area (Å²) in [5, 5.41) is 2.58. The van der Waals surface area contributed by atoms with Gasteiger partial charge < -0.3 is 10.1 Å². The van der Waals surface area contributed by atoms with Crippen molar-refractivity contribution in [2.24, 2.45) is 0 Å². The number of methoxy groups -OCH3 is 1. The number of halogens is 2. The van der Waals surface area contributed by atoms with Gasteiger partial charge >= 0.3 is 0 Å². The third kappa shape index (κ3) is 3.51. The Kier molecular flexibility index (Phi) is 4.11. The van der Waals surface area contributed by atoms with E-state index in [9.17, 15) is 9.18 Å². The number of hydrogen-bond acceptors (Lipinski definition) is 3. The van der Waals surface area contributed by atoms with Gasteiger partial charge in [-0.05, 0) is 28.1 Å². The van der Waals surface area contributed by atoms with E-state index in [0.717, 1.165) is 0 Å². The maximum absolute atomic E-state index is 13.3. The largest absolute Gasteiger partial charge is 0.497 e. The van der Waals surface area contributed by atoms with Crippen molar-refractivity contribution in [2.45, 2.75) is 0 Å². The Bertz CT molecular complexity index is 619. The molecule has 0 saturated carbocycles. The fourth-order valence-electron chi connectivity index (χ4n) is 1.49. The van der Waals surface area contributed by atoms with Crippen LogP contribution in [0.3, 0.4) is 0 Å². The van der Waals surface area contributed by atoms with Crippen LogP contribution in [0.5, 0.6) is 5.75 Å². The zero-order chi connectivity index (χ0) is 13.8. The lowest BCUT2D eigenvalue weighted by molar-refractivity contribution is 0.102. The summed E-state index contributed by atoms with van der Waals surface area (Å²) in [5.74, 6) is -0.522.